The van der Waals surface area contributed by atoms with E-state index in [0.29, 0.717) is 17.5 Å². The van der Waals surface area contributed by atoms with Crippen LogP contribution in [-0.4, -0.2) is 19.9 Å². The minimum atomic E-state index is 0.632. The van der Waals surface area contributed by atoms with Gasteiger partial charge in [-0.3, -0.25) is 0 Å². The number of aromatic nitrogens is 4. The van der Waals surface area contributed by atoms with E-state index in [9.17, 15) is 0 Å². The molecule has 0 radical (unpaired) electrons. The van der Waals surface area contributed by atoms with Gasteiger partial charge in [-0.05, 0) is 27.8 Å². The molecule has 0 fully saturated rings. The van der Waals surface area contributed by atoms with Crippen molar-refractivity contribution in [2.75, 3.05) is 0 Å². The molecular formula is C56H38N4. The fourth-order valence-corrected chi connectivity index (χ4v) is 7.83. The lowest BCUT2D eigenvalue weighted by atomic mass is 9.83. The molecule has 0 aliphatic carbocycles. The van der Waals surface area contributed by atoms with E-state index in [1.165, 1.54) is 0 Å². The van der Waals surface area contributed by atoms with Gasteiger partial charge < -0.3 is 0 Å². The van der Waals surface area contributed by atoms with Gasteiger partial charge in [0.2, 0.25) is 0 Å². The summed E-state index contributed by atoms with van der Waals surface area (Å²) in [7, 11) is 0. The van der Waals surface area contributed by atoms with Crippen molar-refractivity contribution in [3.8, 4) is 101 Å². The summed E-state index contributed by atoms with van der Waals surface area (Å²) in [4.78, 5) is 20.3. The zero-order valence-electron chi connectivity index (χ0n) is 32.7. The van der Waals surface area contributed by atoms with E-state index in [-0.39, 0.29) is 0 Å². The molecule has 0 unspecified atom stereocenters. The Morgan fingerprint density at radius 3 is 0.733 bits per heavy atom. The van der Waals surface area contributed by atoms with Crippen molar-refractivity contribution in [1.29, 1.82) is 0 Å². The third-order valence-electron chi connectivity index (χ3n) is 10.8. The number of nitrogens with zero attached hydrogens (tertiary/aromatic N) is 4. The molecule has 4 nitrogen and oxygen atoms in total. The molecule has 10 rings (SSSR count). The molecule has 60 heavy (non-hydrogen) atoms. The normalized spacial score (nSPS) is 11.0. The van der Waals surface area contributed by atoms with Gasteiger partial charge in [-0.15, -0.1) is 0 Å². The summed E-state index contributed by atoms with van der Waals surface area (Å²) in [6.45, 7) is 0. The second-order valence-corrected chi connectivity index (χ2v) is 14.6. The van der Waals surface area contributed by atoms with Crippen molar-refractivity contribution in [2.45, 2.75) is 0 Å². The van der Waals surface area contributed by atoms with Gasteiger partial charge in [-0.1, -0.05) is 231 Å². The van der Waals surface area contributed by atoms with Gasteiger partial charge in [0.15, 0.2) is 17.5 Å². The monoisotopic (exact) mass is 766 g/mol. The molecule has 282 valence electrons. The van der Waals surface area contributed by atoms with Crippen LogP contribution in [-0.2, 0) is 0 Å². The van der Waals surface area contributed by atoms with Crippen molar-refractivity contribution in [3.05, 3.63) is 231 Å². The highest BCUT2D eigenvalue weighted by molar-refractivity contribution is 6.05. The molecular weight excluding hydrogens is 729 g/mol. The van der Waals surface area contributed by atoms with E-state index in [1.54, 1.807) is 0 Å². The molecule has 0 amide bonds. The first-order chi connectivity index (χ1) is 29.8. The lowest BCUT2D eigenvalue weighted by Gasteiger charge is -2.23. The molecule has 0 N–H and O–H groups in total. The SMILES string of the molecule is c1ccc(-c2nc(-c3ccccc3)nc(-c3ccc(-c4ccc(-c5c(-c6ccccc6)c(-c6ccccc6)nc(-c6ccccc6)c5-c5ccccc5)cc4)cc3)n2)cc1. The zero-order valence-corrected chi connectivity index (χ0v) is 32.7. The van der Waals surface area contributed by atoms with E-state index in [1.807, 2.05) is 60.7 Å². The minimum Gasteiger partial charge on any atom is -0.246 e. The minimum absolute atomic E-state index is 0.632. The van der Waals surface area contributed by atoms with Gasteiger partial charge in [-0.25, -0.2) is 19.9 Å². The summed E-state index contributed by atoms with van der Waals surface area (Å²) in [5, 5.41) is 0. The van der Waals surface area contributed by atoms with E-state index in [0.717, 1.165) is 83.7 Å². The Hall–Kier alpha value is -8.08. The van der Waals surface area contributed by atoms with Crippen molar-refractivity contribution < 1.29 is 0 Å². The van der Waals surface area contributed by atoms with Crippen molar-refractivity contribution in [2.24, 2.45) is 0 Å². The van der Waals surface area contributed by atoms with Crippen LogP contribution in [0.2, 0.25) is 0 Å². The quantitative estimate of drug-likeness (QED) is 0.147. The summed E-state index contributed by atoms with van der Waals surface area (Å²) in [5.41, 5.74) is 15.7. The van der Waals surface area contributed by atoms with Crippen LogP contribution in [0.3, 0.4) is 0 Å². The number of rotatable bonds is 9. The van der Waals surface area contributed by atoms with Gasteiger partial charge in [0.25, 0.3) is 0 Å². The maximum atomic E-state index is 5.58. The van der Waals surface area contributed by atoms with Gasteiger partial charge >= 0.3 is 0 Å². The van der Waals surface area contributed by atoms with Gasteiger partial charge in [-0.2, -0.15) is 0 Å². The Bertz CT molecular complexity index is 2850. The van der Waals surface area contributed by atoms with Crippen LogP contribution in [0.25, 0.3) is 101 Å². The molecule has 8 aromatic carbocycles. The number of pyridine rings is 1. The third-order valence-corrected chi connectivity index (χ3v) is 10.8. The second kappa shape index (κ2) is 16.4. The first-order valence-electron chi connectivity index (χ1n) is 20.1. The van der Waals surface area contributed by atoms with Crippen LogP contribution in [0.15, 0.2) is 231 Å². The van der Waals surface area contributed by atoms with Crippen LogP contribution in [0.4, 0.5) is 0 Å². The molecule has 0 saturated heterocycles. The second-order valence-electron chi connectivity index (χ2n) is 14.6. The summed E-state index contributed by atoms with van der Waals surface area (Å²) in [5.74, 6) is 1.92. The molecule has 10 aromatic rings. The van der Waals surface area contributed by atoms with Crippen LogP contribution in [0, 0.1) is 0 Å². The average Bonchev–Trinajstić information content (AvgIpc) is 3.35. The van der Waals surface area contributed by atoms with E-state index in [2.05, 4.69) is 170 Å². The first-order valence-corrected chi connectivity index (χ1v) is 20.1. The summed E-state index contributed by atoms with van der Waals surface area (Å²) in [6, 6.07) is 80.0. The van der Waals surface area contributed by atoms with Gasteiger partial charge in [0, 0.05) is 44.5 Å². The summed E-state index contributed by atoms with van der Waals surface area (Å²) >= 11 is 0. The molecule has 0 saturated carbocycles. The predicted octanol–water partition coefficient (Wildman–Crippen LogP) is 14.3. The van der Waals surface area contributed by atoms with Crippen molar-refractivity contribution >= 4 is 0 Å². The molecule has 0 aliphatic rings. The standard InChI is InChI=1S/C56H38N4/c1-7-19-41(20-8-1)50-49(51(42-21-9-2-10-22-42)53(45-25-13-4-14-26-45)57-52(50)44-23-11-3-12-24-44)43-35-31-39(32-36-43)40-33-37-48(38-34-40)56-59-54(46-27-15-5-16-28-46)58-55(60-56)47-29-17-6-18-30-47/h1-38H. The molecule has 4 heteroatoms. The number of hydrogen-bond donors (Lipinski definition) is 0. The summed E-state index contributed by atoms with van der Waals surface area (Å²) < 4.78 is 0. The topological polar surface area (TPSA) is 51.6 Å². The van der Waals surface area contributed by atoms with Crippen molar-refractivity contribution in [1.82, 2.24) is 19.9 Å². The molecule has 0 aliphatic heterocycles. The first kappa shape index (κ1) is 36.3. The zero-order chi connectivity index (χ0) is 40.1. The molecule has 2 heterocycles. The van der Waals surface area contributed by atoms with Crippen LogP contribution in [0.5, 0.6) is 0 Å². The molecule has 0 bridgehead atoms. The maximum Gasteiger partial charge on any atom is 0.164 e. The number of benzene rings is 8. The maximum absolute atomic E-state index is 5.58. The highest BCUT2D eigenvalue weighted by Crippen LogP contribution is 2.48. The summed E-state index contributed by atoms with van der Waals surface area (Å²) in [6.07, 6.45) is 0. The lowest BCUT2D eigenvalue weighted by Crippen LogP contribution is -2.01. The van der Waals surface area contributed by atoms with Crippen LogP contribution in [0.1, 0.15) is 0 Å². The fourth-order valence-electron chi connectivity index (χ4n) is 7.83. The average molecular weight is 767 g/mol. The Balaban J connectivity index is 1.11. The molecule has 0 spiro atoms. The largest absolute Gasteiger partial charge is 0.246 e. The Morgan fingerprint density at radius 1 is 0.167 bits per heavy atom. The van der Waals surface area contributed by atoms with E-state index < -0.39 is 0 Å². The predicted molar refractivity (Wildman–Crippen MR) is 247 cm³/mol. The highest BCUT2D eigenvalue weighted by Gasteiger charge is 2.25. The van der Waals surface area contributed by atoms with Crippen LogP contribution >= 0.6 is 0 Å². The Morgan fingerprint density at radius 2 is 0.400 bits per heavy atom. The Labute approximate surface area is 350 Å². The number of hydrogen-bond acceptors (Lipinski definition) is 4. The van der Waals surface area contributed by atoms with Crippen LogP contribution < -0.4 is 0 Å². The highest BCUT2D eigenvalue weighted by atomic mass is 15.0. The van der Waals surface area contributed by atoms with Gasteiger partial charge in [0.05, 0.1) is 11.4 Å². The fraction of sp³-hybridized carbons (Fsp3) is 0. The van der Waals surface area contributed by atoms with Crippen molar-refractivity contribution in [3.63, 3.8) is 0 Å². The molecule has 0 atom stereocenters. The smallest absolute Gasteiger partial charge is 0.164 e. The van der Waals surface area contributed by atoms with E-state index >= 15 is 0 Å². The van der Waals surface area contributed by atoms with Gasteiger partial charge in [0.1, 0.15) is 0 Å². The van der Waals surface area contributed by atoms with E-state index in [4.69, 9.17) is 19.9 Å². The third kappa shape index (κ3) is 7.30. The lowest BCUT2D eigenvalue weighted by molar-refractivity contribution is 1.07. The molecule has 2 aromatic heterocycles. The Kier molecular flexibility index (Phi) is 9.92.